The lowest BCUT2D eigenvalue weighted by atomic mass is 10.1. The van der Waals surface area contributed by atoms with Crippen molar-refractivity contribution in [1.82, 2.24) is 14.9 Å². The third-order valence-electron chi connectivity index (χ3n) is 3.31. The van der Waals surface area contributed by atoms with Crippen LogP contribution < -0.4 is 4.90 Å². The van der Waals surface area contributed by atoms with Gasteiger partial charge < -0.3 is 4.90 Å². The maximum atomic E-state index is 5.77. The van der Waals surface area contributed by atoms with Gasteiger partial charge in [0.2, 0.25) is 5.95 Å². The van der Waals surface area contributed by atoms with Crippen LogP contribution in [0.5, 0.6) is 0 Å². The minimum atomic E-state index is 0.596. The fourth-order valence-corrected chi connectivity index (χ4v) is 3.29. The van der Waals surface area contributed by atoms with E-state index in [0.29, 0.717) is 11.1 Å². The predicted molar refractivity (Wildman–Crippen MR) is 71.9 cm³/mol. The van der Waals surface area contributed by atoms with E-state index in [0.717, 1.165) is 19.0 Å². The predicted octanol–water partition coefficient (Wildman–Crippen LogP) is 1.37. The first-order chi connectivity index (χ1) is 8.33. The van der Waals surface area contributed by atoms with Gasteiger partial charge in [-0.05, 0) is 0 Å². The van der Waals surface area contributed by atoms with E-state index in [1.807, 2.05) is 0 Å². The highest BCUT2D eigenvalue weighted by Crippen LogP contribution is 2.22. The first kappa shape index (κ1) is 11.6. The number of hydrogen-bond acceptors (Lipinski definition) is 5. The molecule has 0 bridgehead atoms. The van der Waals surface area contributed by atoms with Crippen molar-refractivity contribution in [3.8, 4) is 0 Å². The maximum Gasteiger partial charge on any atom is 0.225 e. The lowest BCUT2D eigenvalue weighted by molar-refractivity contribution is 0.181. The molecule has 0 saturated carbocycles. The minimum absolute atomic E-state index is 0.596. The summed E-state index contributed by atoms with van der Waals surface area (Å²) >= 11 is 7.83. The van der Waals surface area contributed by atoms with E-state index in [1.54, 1.807) is 12.4 Å². The van der Waals surface area contributed by atoms with Crippen LogP contribution in [-0.4, -0.2) is 58.6 Å². The van der Waals surface area contributed by atoms with Gasteiger partial charge in [0.1, 0.15) is 0 Å². The van der Waals surface area contributed by atoms with Gasteiger partial charge in [-0.1, -0.05) is 11.6 Å². The SMILES string of the molecule is Clc1cnc(N2CC(N3CCSCC3)C2)nc1. The second-order valence-corrected chi connectivity index (χ2v) is 6.07. The average molecular weight is 271 g/mol. The van der Waals surface area contributed by atoms with E-state index in [2.05, 4.69) is 31.5 Å². The van der Waals surface area contributed by atoms with E-state index >= 15 is 0 Å². The van der Waals surface area contributed by atoms with Gasteiger partial charge in [0.05, 0.1) is 17.4 Å². The highest BCUT2D eigenvalue weighted by molar-refractivity contribution is 7.99. The smallest absolute Gasteiger partial charge is 0.225 e. The normalized spacial score (nSPS) is 22.5. The Hall–Kier alpha value is -0.520. The Kier molecular flexibility index (Phi) is 3.40. The van der Waals surface area contributed by atoms with Crippen molar-refractivity contribution in [2.45, 2.75) is 6.04 Å². The first-order valence-electron chi connectivity index (χ1n) is 5.87. The first-order valence-corrected chi connectivity index (χ1v) is 7.40. The number of nitrogens with zero attached hydrogens (tertiary/aromatic N) is 4. The Morgan fingerprint density at radius 3 is 2.47 bits per heavy atom. The third-order valence-corrected chi connectivity index (χ3v) is 4.45. The van der Waals surface area contributed by atoms with Crippen molar-refractivity contribution in [3.05, 3.63) is 17.4 Å². The number of thioether (sulfide) groups is 1. The second-order valence-electron chi connectivity index (χ2n) is 4.41. The Labute approximate surface area is 110 Å². The molecule has 3 rings (SSSR count). The van der Waals surface area contributed by atoms with Crippen LogP contribution in [0.15, 0.2) is 12.4 Å². The van der Waals surface area contributed by atoms with Gasteiger partial charge in [0, 0.05) is 43.7 Å². The van der Waals surface area contributed by atoms with Gasteiger partial charge >= 0.3 is 0 Å². The summed E-state index contributed by atoms with van der Waals surface area (Å²) < 4.78 is 0. The Morgan fingerprint density at radius 1 is 1.18 bits per heavy atom. The third kappa shape index (κ3) is 2.51. The molecule has 0 aromatic carbocycles. The topological polar surface area (TPSA) is 32.3 Å². The lowest BCUT2D eigenvalue weighted by Crippen LogP contribution is -2.61. The maximum absolute atomic E-state index is 5.77. The molecule has 17 heavy (non-hydrogen) atoms. The zero-order valence-corrected chi connectivity index (χ0v) is 11.1. The summed E-state index contributed by atoms with van der Waals surface area (Å²) in [7, 11) is 0. The van der Waals surface area contributed by atoms with Gasteiger partial charge in [-0.25, -0.2) is 9.97 Å². The molecule has 6 heteroatoms. The molecule has 0 radical (unpaired) electrons. The number of rotatable bonds is 2. The van der Waals surface area contributed by atoms with Crippen molar-refractivity contribution >= 4 is 29.3 Å². The van der Waals surface area contributed by atoms with Gasteiger partial charge in [0.25, 0.3) is 0 Å². The van der Waals surface area contributed by atoms with Gasteiger partial charge in [-0.3, -0.25) is 4.90 Å². The van der Waals surface area contributed by atoms with Crippen molar-refractivity contribution in [3.63, 3.8) is 0 Å². The molecule has 0 aliphatic carbocycles. The summed E-state index contributed by atoms with van der Waals surface area (Å²) in [5, 5.41) is 0.596. The molecular weight excluding hydrogens is 256 g/mol. The molecule has 1 aromatic heterocycles. The van der Waals surface area contributed by atoms with Crippen LogP contribution in [0.25, 0.3) is 0 Å². The molecule has 2 fully saturated rings. The standard InChI is InChI=1S/C11H15ClN4S/c12-9-5-13-11(14-6-9)16-7-10(8-16)15-1-3-17-4-2-15/h5-6,10H,1-4,7-8H2. The Morgan fingerprint density at radius 2 is 1.82 bits per heavy atom. The highest BCUT2D eigenvalue weighted by Gasteiger charge is 2.33. The van der Waals surface area contributed by atoms with Crippen LogP contribution in [0.2, 0.25) is 5.02 Å². The van der Waals surface area contributed by atoms with E-state index in [4.69, 9.17) is 11.6 Å². The van der Waals surface area contributed by atoms with E-state index < -0.39 is 0 Å². The second kappa shape index (κ2) is 5.00. The molecule has 0 amide bonds. The summed E-state index contributed by atoms with van der Waals surface area (Å²) in [5.41, 5.74) is 0. The van der Waals surface area contributed by atoms with E-state index in [1.165, 1.54) is 24.6 Å². The highest BCUT2D eigenvalue weighted by atomic mass is 35.5. The van der Waals surface area contributed by atoms with Gasteiger partial charge in [0.15, 0.2) is 0 Å². The fraction of sp³-hybridized carbons (Fsp3) is 0.636. The van der Waals surface area contributed by atoms with Crippen molar-refractivity contribution in [2.75, 3.05) is 42.6 Å². The lowest BCUT2D eigenvalue weighted by Gasteiger charge is -2.46. The molecule has 0 N–H and O–H groups in total. The molecule has 4 nitrogen and oxygen atoms in total. The van der Waals surface area contributed by atoms with Crippen molar-refractivity contribution in [2.24, 2.45) is 0 Å². The van der Waals surface area contributed by atoms with Gasteiger partial charge in [-0.15, -0.1) is 0 Å². The molecule has 0 spiro atoms. The molecule has 1 aromatic rings. The molecule has 3 heterocycles. The minimum Gasteiger partial charge on any atom is -0.338 e. The largest absolute Gasteiger partial charge is 0.338 e. The number of hydrogen-bond donors (Lipinski definition) is 0. The summed E-state index contributed by atoms with van der Waals surface area (Å²) in [4.78, 5) is 13.3. The summed E-state index contributed by atoms with van der Waals surface area (Å²) in [5.74, 6) is 3.35. The van der Waals surface area contributed by atoms with Crippen LogP contribution in [0.1, 0.15) is 0 Å². The molecule has 2 saturated heterocycles. The number of aromatic nitrogens is 2. The van der Waals surface area contributed by atoms with Crippen molar-refractivity contribution in [1.29, 1.82) is 0 Å². The van der Waals surface area contributed by atoms with Crippen LogP contribution >= 0.6 is 23.4 Å². The number of anilines is 1. The molecule has 92 valence electrons. The fourth-order valence-electron chi connectivity index (χ4n) is 2.26. The Bertz CT molecular complexity index is 374. The molecule has 0 atom stereocenters. The zero-order chi connectivity index (χ0) is 11.7. The number of halogens is 1. The summed E-state index contributed by atoms with van der Waals surface area (Å²) in [6.45, 7) is 4.55. The zero-order valence-electron chi connectivity index (χ0n) is 9.55. The van der Waals surface area contributed by atoms with E-state index in [-0.39, 0.29) is 0 Å². The quantitative estimate of drug-likeness (QED) is 0.810. The molecule has 2 aliphatic rings. The monoisotopic (exact) mass is 270 g/mol. The summed E-state index contributed by atoms with van der Waals surface area (Å²) in [6.07, 6.45) is 3.32. The van der Waals surface area contributed by atoms with Crippen molar-refractivity contribution < 1.29 is 0 Å². The molecule has 0 unspecified atom stereocenters. The van der Waals surface area contributed by atoms with Crippen LogP contribution in [0.3, 0.4) is 0 Å². The van der Waals surface area contributed by atoms with E-state index in [9.17, 15) is 0 Å². The van der Waals surface area contributed by atoms with Crippen LogP contribution in [-0.2, 0) is 0 Å². The van der Waals surface area contributed by atoms with Crippen LogP contribution in [0.4, 0.5) is 5.95 Å². The Balaban J connectivity index is 1.55. The summed E-state index contributed by atoms with van der Waals surface area (Å²) in [6, 6.07) is 0.690. The molecule has 2 aliphatic heterocycles. The van der Waals surface area contributed by atoms with Gasteiger partial charge in [-0.2, -0.15) is 11.8 Å². The average Bonchev–Trinajstić information content (AvgIpc) is 2.31. The molecular formula is C11H15ClN4S. The van der Waals surface area contributed by atoms with Crippen LogP contribution in [0, 0.1) is 0 Å².